The summed E-state index contributed by atoms with van der Waals surface area (Å²) >= 11 is 1.66. The summed E-state index contributed by atoms with van der Waals surface area (Å²) in [5.74, 6) is 0.690. The predicted octanol–water partition coefficient (Wildman–Crippen LogP) is 3.05. The number of furan rings is 1. The van der Waals surface area contributed by atoms with E-state index in [0.717, 1.165) is 25.1 Å². The number of amides is 2. The van der Waals surface area contributed by atoms with Crippen LogP contribution in [0.15, 0.2) is 39.6 Å². The van der Waals surface area contributed by atoms with Crippen LogP contribution in [0.5, 0.6) is 0 Å². The van der Waals surface area contributed by atoms with Gasteiger partial charge in [0.05, 0.1) is 24.8 Å². The van der Waals surface area contributed by atoms with Gasteiger partial charge in [-0.2, -0.15) is 11.3 Å². The zero-order chi connectivity index (χ0) is 16.5. The first-order chi connectivity index (χ1) is 11.7. The average Bonchev–Trinajstić information content (AvgIpc) is 3.36. The number of rotatable bonds is 4. The molecule has 0 N–H and O–H groups in total. The van der Waals surface area contributed by atoms with E-state index in [1.54, 1.807) is 22.5 Å². The highest BCUT2D eigenvalue weighted by Crippen LogP contribution is 2.35. The number of likely N-dealkylation sites (tertiary alicyclic amines) is 2. The van der Waals surface area contributed by atoms with E-state index < -0.39 is 0 Å². The van der Waals surface area contributed by atoms with Crippen LogP contribution in [0.3, 0.4) is 0 Å². The second kappa shape index (κ2) is 6.43. The molecule has 126 valence electrons. The van der Waals surface area contributed by atoms with Gasteiger partial charge in [0, 0.05) is 19.5 Å². The fourth-order valence-electron chi connectivity index (χ4n) is 3.76. The van der Waals surface area contributed by atoms with Crippen molar-refractivity contribution >= 4 is 23.2 Å². The standard InChI is InChI=1S/C18H20N2O3S/c21-17-9-14(10-19(17)11-15-3-2-7-23-15)18(22)20-6-1-4-16(20)13-5-8-24-12-13/h2-3,5,7-8,12,14,16H,1,4,6,9-11H2. The van der Waals surface area contributed by atoms with Crippen LogP contribution < -0.4 is 0 Å². The quantitative estimate of drug-likeness (QED) is 0.856. The number of nitrogens with zero attached hydrogens (tertiary/aromatic N) is 2. The molecule has 2 aromatic heterocycles. The summed E-state index contributed by atoms with van der Waals surface area (Å²) < 4.78 is 5.32. The number of carbonyl (C=O) groups is 2. The summed E-state index contributed by atoms with van der Waals surface area (Å²) in [6.45, 7) is 1.73. The normalized spacial score (nSPS) is 24.1. The predicted molar refractivity (Wildman–Crippen MR) is 90.2 cm³/mol. The van der Waals surface area contributed by atoms with Gasteiger partial charge in [-0.15, -0.1) is 0 Å². The van der Waals surface area contributed by atoms with Crippen LogP contribution in [0.4, 0.5) is 0 Å². The summed E-state index contributed by atoms with van der Waals surface area (Å²) in [7, 11) is 0. The van der Waals surface area contributed by atoms with Crippen LogP contribution in [0.2, 0.25) is 0 Å². The molecule has 2 amide bonds. The van der Waals surface area contributed by atoms with Gasteiger partial charge in [0.15, 0.2) is 0 Å². The second-order valence-electron chi connectivity index (χ2n) is 6.50. The molecule has 4 heterocycles. The van der Waals surface area contributed by atoms with Crippen molar-refractivity contribution in [1.29, 1.82) is 0 Å². The van der Waals surface area contributed by atoms with Gasteiger partial charge in [-0.1, -0.05) is 0 Å². The molecule has 2 aromatic rings. The Balaban J connectivity index is 1.44. The van der Waals surface area contributed by atoms with Gasteiger partial charge in [0.2, 0.25) is 11.8 Å². The van der Waals surface area contributed by atoms with E-state index in [2.05, 4.69) is 16.8 Å². The van der Waals surface area contributed by atoms with Gasteiger partial charge in [-0.25, -0.2) is 0 Å². The molecule has 0 aliphatic carbocycles. The van der Waals surface area contributed by atoms with Gasteiger partial charge in [0.1, 0.15) is 5.76 Å². The Kier molecular flexibility index (Phi) is 4.14. The Morgan fingerprint density at radius 1 is 1.38 bits per heavy atom. The van der Waals surface area contributed by atoms with Crippen molar-refractivity contribution in [2.75, 3.05) is 13.1 Å². The van der Waals surface area contributed by atoms with Gasteiger partial charge >= 0.3 is 0 Å². The molecule has 2 unspecified atom stereocenters. The molecule has 0 radical (unpaired) electrons. The Labute approximate surface area is 144 Å². The molecule has 5 nitrogen and oxygen atoms in total. The number of thiophene rings is 1. The average molecular weight is 344 g/mol. The lowest BCUT2D eigenvalue weighted by Crippen LogP contribution is -2.36. The van der Waals surface area contributed by atoms with E-state index in [0.29, 0.717) is 19.5 Å². The first-order valence-electron chi connectivity index (χ1n) is 8.35. The zero-order valence-corrected chi connectivity index (χ0v) is 14.2. The minimum absolute atomic E-state index is 0.0380. The fourth-order valence-corrected chi connectivity index (χ4v) is 4.46. The number of hydrogen-bond donors (Lipinski definition) is 0. The summed E-state index contributed by atoms with van der Waals surface area (Å²) in [5.41, 5.74) is 1.22. The molecular formula is C18H20N2O3S. The minimum atomic E-state index is -0.230. The Bertz CT molecular complexity index is 711. The molecule has 4 rings (SSSR count). The summed E-state index contributed by atoms with van der Waals surface area (Å²) in [5, 5.41) is 4.18. The highest BCUT2D eigenvalue weighted by molar-refractivity contribution is 7.08. The van der Waals surface area contributed by atoms with Crippen LogP contribution in [0.1, 0.15) is 36.6 Å². The van der Waals surface area contributed by atoms with Gasteiger partial charge < -0.3 is 14.2 Å². The first kappa shape index (κ1) is 15.4. The maximum atomic E-state index is 13.0. The monoisotopic (exact) mass is 344 g/mol. The first-order valence-corrected chi connectivity index (χ1v) is 9.29. The Morgan fingerprint density at radius 2 is 2.29 bits per heavy atom. The maximum Gasteiger partial charge on any atom is 0.228 e. The maximum absolute atomic E-state index is 13.0. The van der Waals surface area contributed by atoms with E-state index >= 15 is 0 Å². The molecule has 0 bridgehead atoms. The molecule has 2 aliphatic rings. The smallest absolute Gasteiger partial charge is 0.228 e. The van der Waals surface area contributed by atoms with Crippen molar-refractivity contribution in [2.24, 2.45) is 5.92 Å². The van der Waals surface area contributed by atoms with E-state index in [1.165, 1.54) is 5.56 Å². The van der Waals surface area contributed by atoms with Crippen molar-refractivity contribution < 1.29 is 14.0 Å². The molecule has 6 heteroatoms. The van der Waals surface area contributed by atoms with Gasteiger partial charge in [-0.3, -0.25) is 9.59 Å². The van der Waals surface area contributed by atoms with E-state index in [9.17, 15) is 9.59 Å². The molecule has 0 spiro atoms. The molecule has 0 saturated carbocycles. The lowest BCUT2D eigenvalue weighted by atomic mass is 10.0. The van der Waals surface area contributed by atoms with Gasteiger partial charge in [0.25, 0.3) is 0 Å². The molecule has 2 aliphatic heterocycles. The Hall–Kier alpha value is -2.08. The summed E-state index contributed by atoms with van der Waals surface area (Å²) in [6, 6.07) is 5.95. The molecule has 24 heavy (non-hydrogen) atoms. The largest absolute Gasteiger partial charge is 0.467 e. The van der Waals surface area contributed by atoms with Crippen molar-refractivity contribution in [3.8, 4) is 0 Å². The molecular weight excluding hydrogens is 324 g/mol. The van der Waals surface area contributed by atoms with Crippen molar-refractivity contribution in [3.63, 3.8) is 0 Å². The van der Waals surface area contributed by atoms with Crippen molar-refractivity contribution in [2.45, 2.75) is 31.8 Å². The third-order valence-electron chi connectivity index (χ3n) is 4.95. The number of carbonyl (C=O) groups excluding carboxylic acids is 2. The molecule has 2 fully saturated rings. The molecule has 0 aromatic carbocycles. The topological polar surface area (TPSA) is 53.8 Å². The van der Waals surface area contributed by atoms with Gasteiger partial charge in [-0.05, 0) is 47.4 Å². The molecule has 2 atom stereocenters. The third kappa shape index (κ3) is 2.86. The van der Waals surface area contributed by atoms with Crippen LogP contribution in [0.25, 0.3) is 0 Å². The lowest BCUT2D eigenvalue weighted by molar-refractivity contribution is -0.136. The summed E-state index contributed by atoms with van der Waals surface area (Å²) in [4.78, 5) is 28.9. The van der Waals surface area contributed by atoms with Crippen molar-refractivity contribution in [3.05, 3.63) is 46.5 Å². The zero-order valence-electron chi connectivity index (χ0n) is 13.4. The summed E-state index contributed by atoms with van der Waals surface area (Å²) in [6.07, 6.45) is 3.96. The van der Waals surface area contributed by atoms with Crippen LogP contribution >= 0.6 is 11.3 Å². The fraction of sp³-hybridized carbons (Fsp3) is 0.444. The van der Waals surface area contributed by atoms with Crippen LogP contribution in [-0.2, 0) is 16.1 Å². The molecule has 2 saturated heterocycles. The second-order valence-corrected chi connectivity index (χ2v) is 7.28. The minimum Gasteiger partial charge on any atom is -0.467 e. The van der Waals surface area contributed by atoms with Crippen molar-refractivity contribution in [1.82, 2.24) is 9.80 Å². The van der Waals surface area contributed by atoms with E-state index in [4.69, 9.17) is 4.42 Å². The highest BCUT2D eigenvalue weighted by atomic mass is 32.1. The highest BCUT2D eigenvalue weighted by Gasteiger charge is 2.40. The van der Waals surface area contributed by atoms with E-state index in [-0.39, 0.29) is 23.8 Å². The van der Waals surface area contributed by atoms with Crippen LogP contribution in [0, 0.1) is 5.92 Å². The SMILES string of the molecule is O=C1CC(C(=O)N2CCCC2c2ccsc2)CN1Cc1ccco1. The number of hydrogen-bond acceptors (Lipinski definition) is 4. The Morgan fingerprint density at radius 3 is 3.04 bits per heavy atom. The van der Waals surface area contributed by atoms with Crippen LogP contribution in [-0.4, -0.2) is 34.7 Å². The third-order valence-corrected chi connectivity index (χ3v) is 5.66. The van der Waals surface area contributed by atoms with E-state index in [1.807, 2.05) is 17.0 Å². The lowest BCUT2D eigenvalue weighted by Gasteiger charge is -2.27.